The van der Waals surface area contributed by atoms with E-state index in [4.69, 9.17) is 0 Å². The molecule has 0 bridgehead atoms. The van der Waals surface area contributed by atoms with Crippen LogP contribution in [0.5, 0.6) is 0 Å². The van der Waals surface area contributed by atoms with E-state index in [0.717, 1.165) is 16.0 Å². The molecule has 4 nitrogen and oxygen atoms in total. The lowest BCUT2D eigenvalue weighted by Crippen LogP contribution is -2.33. The van der Waals surface area contributed by atoms with E-state index in [1.807, 2.05) is 20.8 Å². The summed E-state index contributed by atoms with van der Waals surface area (Å²) in [6.07, 6.45) is 0.558. The van der Waals surface area contributed by atoms with Gasteiger partial charge in [-0.25, -0.2) is 4.79 Å². The first kappa shape index (κ1) is 17.2. The Bertz CT molecular complexity index is 878. The van der Waals surface area contributed by atoms with Crippen LogP contribution in [0.25, 0.3) is 0 Å². The third kappa shape index (κ3) is 3.96. The van der Waals surface area contributed by atoms with E-state index >= 15 is 0 Å². The fourth-order valence-corrected chi connectivity index (χ4v) is 3.76. The van der Waals surface area contributed by atoms with Crippen LogP contribution in [0.3, 0.4) is 0 Å². The minimum atomic E-state index is -0.415. The molecule has 0 radical (unpaired) electrons. The van der Waals surface area contributed by atoms with Crippen LogP contribution in [0.2, 0.25) is 0 Å². The maximum atomic E-state index is 12.2. The molecule has 2 aromatic rings. The van der Waals surface area contributed by atoms with Gasteiger partial charge in [0.05, 0.1) is 11.6 Å². The van der Waals surface area contributed by atoms with Gasteiger partial charge in [0.15, 0.2) is 0 Å². The predicted octanol–water partition coefficient (Wildman–Crippen LogP) is 2.89. The first-order valence-electron chi connectivity index (χ1n) is 7.48. The monoisotopic (exact) mass is 328 g/mol. The molecular formula is C18H20N2O2S. The average Bonchev–Trinajstić information content (AvgIpc) is 2.46. The van der Waals surface area contributed by atoms with Gasteiger partial charge in [-0.05, 0) is 50.5 Å². The number of benzene rings is 1. The van der Waals surface area contributed by atoms with Crippen molar-refractivity contribution in [1.82, 2.24) is 9.55 Å². The molecule has 0 spiro atoms. The lowest BCUT2D eigenvalue weighted by atomic mass is 10.2. The van der Waals surface area contributed by atoms with Crippen LogP contribution >= 0.6 is 11.8 Å². The van der Waals surface area contributed by atoms with Gasteiger partial charge in [-0.3, -0.25) is 14.3 Å². The second kappa shape index (κ2) is 7.38. The summed E-state index contributed by atoms with van der Waals surface area (Å²) in [7, 11) is 0. The van der Waals surface area contributed by atoms with Crippen molar-refractivity contribution in [2.75, 3.05) is 0 Å². The van der Waals surface area contributed by atoms with E-state index in [9.17, 15) is 9.59 Å². The van der Waals surface area contributed by atoms with Crippen molar-refractivity contribution in [3.8, 4) is 11.8 Å². The maximum absolute atomic E-state index is 12.2. The number of nitrogens with zero attached hydrogens (tertiary/aromatic N) is 1. The van der Waals surface area contributed by atoms with Crippen molar-refractivity contribution in [1.29, 1.82) is 0 Å². The molecule has 0 aliphatic carbocycles. The smallest absolute Gasteiger partial charge is 0.276 e. The summed E-state index contributed by atoms with van der Waals surface area (Å²) in [4.78, 5) is 27.7. The molecule has 23 heavy (non-hydrogen) atoms. The number of aryl methyl sites for hydroxylation is 2. The highest BCUT2D eigenvalue weighted by Gasteiger charge is 2.15. The number of hydrogen-bond acceptors (Lipinski definition) is 3. The molecule has 5 heteroatoms. The highest BCUT2D eigenvalue weighted by Crippen LogP contribution is 2.30. The Morgan fingerprint density at radius 2 is 1.83 bits per heavy atom. The quantitative estimate of drug-likeness (QED) is 0.693. The molecule has 2 rings (SSSR count). The van der Waals surface area contributed by atoms with Gasteiger partial charge in [0.2, 0.25) is 0 Å². The highest BCUT2D eigenvalue weighted by molar-refractivity contribution is 7.99. The summed E-state index contributed by atoms with van der Waals surface area (Å²) < 4.78 is 1.54. The maximum Gasteiger partial charge on any atom is 0.330 e. The molecule has 0 unspecified atom stereocenters. The number of rotatable bonds is 4. The molecular weight excluding hydrogens is 308 g/mol. The Balaban J connectivity index is 2.63. The number of aromatic nitrogens is 2. The van der Waals surface area contributed by atoms with Gasteiger partial charge in [-0.2, -0.15) is 0 Å². The largest absolute Gasteiger partial charge is 0.330 e. The van der Waals surface area contributed by atoms with Crippen LogP contribution in [0.15, 0.2) is 37.7 Å². The highest BCUT2D eigenvalue weighted by atomic mass is 32.2. The zero-order valence-corrected chi connectivity index (χ0v) is 14.6. The number of nitrogens with one attached hydrogen (secondary N) is 1. The second-order valence-electron chi connectivity index (χ2n) is 5.33. The first-order valence-corrected chi connectivity index (χ1v) is 8.29. The SMILES string of the molecule is CC#CCn1c(Sc2cc(C)cc(C)c2)c(CC)c(=O)[nH]c1=O. The number of hydrogen-bond donors (Lipinski definition) is 1. The minimum absolute atomic E-state index is 0.270. The van der Waals surface area contributed by atoms with E-state index in [1.165, 1.54) is 11.8 Å². The predicted molar refractivity (Wildman–Crippen MR) is 94.2 cm³/mol. The summed E-state index contributed by atoms with van der Waals surface area (Å²) in [5.41, 5.74) is 2.19. The van der Waals surface area contributed by atoms with Crippen molar-refractivity contribution >= 4 is 11.8 Å². The van der Waals surface area contributed by atoms with Gasteiger partial charge in [0.1, 0.15) is 0 Å². The molecule has 1 aromatic heterocycles. The van der Waals surface area contributed by atoms with E-state index in [-0.39, 0.29) is 12.1 Å². The molecule has 1 aromatic carbocycles. The third-order valence-electron chi connectivity index (χ3n) is 3.42. The van der Waals surface area contributed by atoms with Crippen LogP contribution in [0.1, 0.15) is 30.5 Å². The topological polar surface area (TPSA) is 54.9 Å². The van der Waals surface area contributed by atoms with Crippen LogP contribution in [0.4, 0.5) is 0 Å². The van der Waals surface area contributed by atoms with Gasteiger partial charge in [-0.15, -0.1) is 5.92 Å². The molecule has 0 saturated heterocycles. The van der Waals surface area contributed by atoms with Crippen molar-refractivity contribution in [3.05, 3.63) is 55.7 Å². The molecule has 0 aliphatic heterocycles. The zero-order valence-electron chi connectivity index (χ0n) is 13.8. The third-order valence-corrected chi connectivity index (χ3v) is 4.55. The Labute approximate surface area is 140 Å². The number of aromatic amines is 1. The van der Waals surface area contributed by atoms with Gasteiger partial charge < -0.3 is 0 Å². The standard InChI is InChI=1S/C18H20N2O2S/c1-5-7-8-20-17(15(6-2)16(21)19-18(20)22)23-14-10-12(3)9-13(4)11-14/h9-11H,6,8H2,1-4H3,(H,19,21,22). The Morgan fingerprint density at radius 1 is 1.17 bits per heavy atom. The van der Waals surface area contributed by atoms with Crippen molar-refractivity contribution < 1.29 is 0 Å². The van der Waals surface area contributed by atoms with Gasteiger partial charge in [0.25, 0.3) is 5.56 Å². The van der Waals surface area contributed by atoms with Crippen LogP contribution in [0, 0.1) is 25.7 Å². The molecule has 0 fully saturated rings. The molecule has 0 atom stereocenters. The Kier molecular flexibility index (Phi) is 5.51. The lowest BCUT2D eigenvalue weighted by molar-refractivity contribution is 0.654. The van der Waals surface area contributed by atoms with Crippen LogP contribution in [-0.2, 0) is 13.0 Å². The van der Waals surface area contributed by atoms with E-state index in [0.29, 0.717) is 17.0 Å². The summed E-state index contributed by atoms with van der Waals surface area (Å²) in [6, 6.07) is 6.20. The van der Waals surface area contributed by atoms with Crippen molar-refractivity contribution in [2.24, 2.45) is 0 Å². The number of H-pyrrole nitrogens is 1. The van der Waals surface area contributed by atoms with Gasteiger partial charge >= 0.3 is 5.69 Å². The summed E-state index contributed by atoms with van der Waals surface area (Å²) in [5.74, 6) is 5.70. The molecule has 1 heterocycles. The summed E-state index contributed by atoms with van der Waals surface area (Å²) >= 11 is 1.45. The van der Waals surface area contributed by atoms with E-state index in [2.05, 4.69) is 35.0 Å². The van der Waals surface area contributed by atoms with Gasteiger partial charge in [-0.1, -0.05) is 30.7 Å². The van der Waals surface area contributed by atoms with Crippen LogP contribution < -0.4 is 11.2 Å². The molecule has 0 amide bonds. The van der Waals surface area contributed by atoms with E-state index < -0.39 is 5.69 Å². The minimum Gasteiger partial charge on any atom is -0.276 e. The fourth-order valence-electron chi connectivity index (χ4n) is 2.43. The van der Waals surface area contributed by atoms with Gasteiger partial charge in [0, 0.05) is 10.5 Å². The molecule has 120 valence electrons. The molecule has 1 N–H and O–H groups in total. The summed E-state index contributed by atoms with van der Waals surface area (Å²) in [6.45, 7) is 7.98. The van der Waals surface area contributed by atoms with Crippen LogP contribution in [-0.4, -0.2) is 9.55 Å². The average molecular weight is 328 g/mol. The fraction of sp³-hybridized carbons (Fsp3) is 0.333. The molecule has 0 saturated carbocycles. The van der Waals surface area contributed by atoms with Crippen molar-refractivity contribution in [3.63, 3.8) is 0 Å². The summed E-state index contributed by atoms with van der Waals surface area (Å²) in [5, 5.41) is 0.675. The Hall–Kier alpha value is -2.19. The zero-order chi connectivity index (χ0) is 17.0. The normalized spacial score (nSPS) is 10.3. The lowest BCUT2D eigenvalue weighted by Gasteiger charge is -2.14. The second-order valence-corrected chi connectivity index (χ2v) is 6.40. The Morgan fingerprint density at radius 3 is 2.39 bits per heavy atom. The van der Waals surface area contributed by atoms with E-state index in [1.54, 1.807) is 11.5 Å². The first-order chi connectivity index (χ1) is 11.0. The van der Waals surface area contributed by atoms with Crippen molar-refractivity contribution in [2.45, 2.75) is 50.6 Å². The molecule has 0 aliphatic rings.